The van der Waals surface area contributed by atoms with Gasteiger partial charge in [-0.2, -0.15) is 0 Å². The molecule has 5 nitrogen and oxygen atoms in total. The molecule has 0 spiro atoms. The number of hydrogen-bond donors (Lipinski definition) is 3. The highest BCUT2D eigenvalue weighted by Gasteiger charge is 2.25. The topological polar surface area (TPSA) is 92.4 Å². The summed E-state index contributed by atoms with van der Waals surface area (Å²) >= 11 is 6.43. The summed E-state index contributed by atoms with van der Waals surface area (Å²) in [7, 11) is -3.67. The standard InChI is InChI=1S/C12H18Br2N2O3S/c1-12(2,3-4-17)7-16-20(18,19)11-9(13)5-8(15)6-10(11)14/h5-6,16-17H,3-4,7,15H2,1-2H3. The van der Waals surface area contributed by atoms with Gasteiger partial charge in [0.15, 0.2) is 0 Å². The molecule has 0 saturated carbocycles. The first-order valence-corrected chi connectivity index (χ1v) is 9.01. The minimum absolute atomic E-state index is 0.0178. The lowest BCUT2D eigenvalue weighted by molar-refractivity contribution is 0.213. The molecule has 0 atom stereocenters. The second-order valence-corrected chi connectivity index (χ2v) is 8.69. The van der Waals surface area contributed by atoms with Crippen LogP contribution in [-0.4, -0.2) is 26.7 Å². The summed E-state index contributed by atoms with van der Waals surface area (Å²) in [5, 5.41) is 8.96. The molecular weight excluding hydrogens is 412 g/mol. The monoisotopic (exact) mass is 428 g/mol. The van der Waals surface area contributed by atoms with Crippen molar-refractivity contribution in [3.63, 3.8) is 0 Å². The van der Waals surface area contributed by atoms with E-state index in [2.05, 4.69) is 36.6 Å². The number of aliphatic hydroxyl groups is 1. The summed E-state index contributed by atoms with van der Waals surface area (Å²) in [6, 6.07) is 3.08. The van der Waals surface area contributed by atoms with Gasteiger partial charge in [0, 0.05) is 27.8 Å². The van der Waals surface area contributed by atoms with Crippen molar-refractivity contribution < 1.29 is 13.5 Å². The first-order valence-electron chi connectivity index (χ1n) is 5.94. The number of sulfonamides is 1. The van der Waals surface area contributed by atoms with Crippen LogP contribution >= 0.6 is 31.9 Å². The van der Waals surface area contributed by atoms with Crippen molar-refractivity contribution in [3.8, 4) is 0 Å². The molecule has 1 rings (SSSR count). The predicted molar refractivity (Wildman–Crippen MR) is 86.9 cm³/mol. The van der Waals surface area contributed by atoms with Gasteiger partial charge in [-0.3, -0.25) is 0 Å². The van der Waals surface area contributed by atoms with Crippen LogP contribution < -0.4 is 10.5 Å². The predicted octanol–water partition coefficient (Wildman–Crippen LogP) is 2.48. The molecule has 0 radical (unpaired) electrons. The fourth-order valence-electron chi connectivity index (χ4n) is 1.59. The molecule has 0 heterocycles. The van der Waals surface area contributed by atoms with Gasteiger partial charge in [-0.15, -0.1) is 0 Å². The zero-order valence-electron chi connectivity index (χ0n) is 11.3. The highest BCUT2D eigenvalue weighted by atomic mass is 79.9. The number of nitrogens with two attached hydrogens (primary N) is 1. The Labute approximate surface area is 136 Å². The van der Waals surface area contributed by atoms with Crippen LogP contribution in [0.1, 0.15) is 20.3 Å². The molecule has 0 aromatic heterocycles. The average Bonchev–Trinajstić information content (AvgIpc) is 2.24. The van der Waals surface area contributed by atoms with E-state index in [0.717, 1.165) is 0 Å². The van der Waals surface area contributed by atoms with Gasteiger partial charge in [0.05, 0.1) is 0 Å². The first kappa shape index (κ1) is 17.9. The molecular formula is C12H18Br2N2O3S. The first-order chi connectivity index (χ1) is 9.09. The fourth-order valence-corrected chi connectivity index (χ4v) is 5.45. The Morgan fingerprint density at radius 1 is 1.30 bits per heavy atom. The lowest BCUT2D eigenvalue weighted by Gasteiger charge is -2.24. The Kier molecular flexibility index (Phi) is 6.03. The van der Waals surface area contributed by atoms with Crippen LogP contribution in [0.15, 0.2) is 26.0 Å². The molecule has 114 valence electrons. The van der Waals surface area contributed by atoms with E-state index in [1.165, 1.54) is 12.1 Å². The normalized spacial score (nSPS) is 12.7. The van der Waals surface area contributed by atoms with Crippen LogP contribution in [0.25, 0.3) is 0 Å². The van der Waals surface area contributed by atoms with E-state index in [9.17, 15) is 8.42 Å². The number of nitrogens with one attached hydrogen (secondary N) is 1. The van der Waals surface area contributed by atoms with E-state index in [1.54, 1.807) is 0 Å². The SMILES string of the molecule is CC(C)(CCO)CNS(=O)(=O)c1c(Br)cc(N)cc1Br. The molecule has 8 heteroatoms. The molecule has 1 aromatic rings. The quantitative estimate of drug-likeness (QED) is 0.605. The summed E-state index contributed by atoms with van der Waals surface area (Å²) in [5.74, 6) is 0. The van der Waals surface area contributed by atoms with Crippen molar-refractivity contribution >= 4 is 47.6 Å². The molecule has 0 aliphatic rings. The lowest BCUT2D eigenvalue weighted by atomic mass is 9.90. The summed E-state index contributed by atoms with van der Waals surface area (Å²) in [5.41, 5.74) is 5.79. The number of hydrogen-bond acceptors (Lipinski definition) is 4. The third kappa shape index (κ3) is 4.70. The number of halogens is 2. The van der Waals surface area contributed by atoms with Crippen LogP contribution in [0, 0.1) is 5.41 Å². The molecule has 1 aromatic carbocycles. The van der Waals surface area contributed by atoms with Crippen LogP contribution in [0.3, 0.4) is 0 Å². The van der Waals surface area contributed by atoms with Gasteiger partial charge in [0.1, 0.15) is 4.90 Å². The third-order valence-electron chi connectivity index (χ3n) is 2.82. The average molecular weight is 430 g/mol. The van der Waals surface area contributed by atoms with E-state index in [1.807, 2.05) is 13.8 Å². The smallest absolute Gasteiger partial charge is 0.242 e. The fraction of sp³-hybridized carbons (Fsp3) is 0.500. The van der Waals surface area contributed by atoms with Gasteiger partial charge in [0.2, 0.25) is 10.0 Å². The molecule has 0 aliphatic carbocycles. The second-order valence-electron chi connectivity index (χ2n) is 5.28. The van der Waals surface area contributed by atoms with E-state index >= 15 is 0 Å². The molecule has 0 fully saturated rings. The minimum atomic E-state index is -3.67. The minimum Gasteiger partial charge on any atom is -0.399 e. The van der Waals surface area contributed by atoms with Crippen LogP contribution in [0.5, 0.6) is 0 Å². The van der Waals surface area contributed by atoms with E-state index in [4.69, 9.17) is 10.8 Å². The van der Waals surface area contributed by atoms with E-state index in [0.29, 0.717) is 21.1 Å². The zero-order chi connectivity index (χ0) is 15.6. The Bertz CT molecular complexity index is 565. The molecule has 20 heavy (non-hydrogen) atoms. The lowest BCUT2D eigenvalue weighted by Crippen LogP contribution is -2.34. The molecule has 0 aliphatic heterocycles. The number of aliphatic hydroxyl groups excluding tert-OH is 1. The Morgan fingerprint density at radius 2 is 1.80 bits per heavy atom. The van der Waals surface area contributed by atoms with Crippen LogP contribution in [0.2, 0.25) is 0 Å². The largest absolute Gasteiger partial charge is 0.399 e. The number of nitrogen functional groups attached to an aromatic ring is 1. The molecule has 4 N–H and O–H groups in total. The van der Waals surface area contributed by atoms with Crippen molar-refractivity contribution in [2.75, 3.05) is 18.9 Å². The van der Waals surface area contributed by atoms with Crippen molar-refractivity contribution in [2.45, 2.75) is 25.2 Å². The summed E-state index contributed by atoms with van der Waals surface area (Å²) in [6.07, 6.45) is 0.513. The van der Waals surface area contributed by atoms with Gasteiger partial charge in [0.25, 0.3) is 0 Å². The highest BCUT2D eigenvalue weighted by molar-refractivity contribution is 9.11. The van der Waals surface area contributed by atoms with Crippen LogP contribution in [0.4, 0.5) is 5.69 Å². The van der Waals surface area contributed by atoms with E-state index in [-0.39, 0.29) is 23.5 Å². The van der Waals surface area contributed by atoms with Crippen LogP contribution in [-0.2, 0) is 10.0 Å². The Morgan fingerprint density at radius 3 is 2.25 bits per heavy atom. The van der Waals surface area contributed by atoms with Crippen molar-refractivity contribution in [1.29, 1.82) is 0 Å². The number of benzene rings is 1. The van der Waals surface area contributed by atoms with E-state index < -0.39 is 10.0 Å². The maximum Gasteiger partial charge on any atom is 0.242 e. The van der Waals surface area contributed by atoms with Crippen molar-refractivity contribution in [3.05, 3.63) is 21.1 Å². The molecule has 0 amide bonds. The number of rotatable bonds is 6. The zero-order valence-corrected chi connectivity index (χ0v) is 15.3. The van der Waals surface area contributed by atoms with Gasteiger partial charge < -0.3 is 10.8 Å². The van der Waals surface area contributed by atoms with Gasteiger partial charge in [-0.05, 0) is 55.8 Å². The summed E-state index contributed by atoms with van der Waals surface area (Å²) in [4.78, 5) is 0.117. The summed E-state index contributed by atoms with van der Waals surface area (Å²) < 4.78 is 28.1. The second kappa shape index (κ2) is 6.74. The van der Waals surface area contributed by atoms with Gasteiger partial charge in [-0.1, -0.05) is 13.8 Å². The Hall–Kier alpha value is -0.150. The Balaban J connectivity index is 3.01. The number of anilines is 1. The maximum absolute atomic E-state index is 12.4. The van der Waals surface area contributed by atoms with Gasteiger partial charge >= 0.3 is 0 Å². The molecule has 0 unspecified atom stereocenters. The third-order valence-corrected chi connectivity index (χ3v) is 6.10. The van der Waals surface area contributed by atoms with Crippen molar-refractivity contribution in [2.24, 2.45) is 5.41 Å². The van der Waals surface area contributed by atoms with Gasteiger partial charge in [-0.25, -0.2) is 13.1 Å². The highest BCUT2D eigenvalue weighted by Crippen LogP contribution is 2.32. The summed E-state index contributed by atoms with van der Waals surface area (Å²) in [6.45, 7) is 4.03. The molecule has 0 bridgehead atoms. The van der Waals surface area contributed by atoms with Crippen molar-refractivity contribution in [1.82, 2.24) is 4.72 Å². The molecule has 0 saturated heterocycles. The maximum atomic E-state index is 12.4.